The van der Waals surface area contributed by atoms with Gasteiger partial charge in [0.25, 0.3) is 0 Å². The van der Waals surface area contributed by atoms with Gasteiger partial charge in [-0.05, 0) is 41.8 Å². The van der Waals surface area contributed by atoms with Crippen LogP contribution in [0.1, 0.15) is 11.1 Å². The van der Waals surface area contributed by atoms with Crippen LogP contribution < -0.4 is 20.1 Å². The van der Waals surface area contributed by atoms with Crippen LogP contribution in [-0.4, -0.2) is 26.8 Å². The molecule has 0 fully saturated rings. The van der Waals surface area contributed by atoms with E-state index in [1.165, 1.54) is 0 Å². The highest BCUT2D eigenvalue weighted by molar-refractivity contribution is 6.30. The Hall–Kier alpha value is -2.40. The van der Waals surface area contributed by atoms with Crippen molar-refractivity contribution in [2.45, 2.75) is 13.0 Å². The van der Waals surface area contributed by atoms with Crippen molar-refractivity contribution in [3.05, 3.63) is 58.6 Å². The highest BCUT2D eigenvalue weighted by Gasteiger charge is 2.05. The van der Waals surface area contributed by atoms with Gasteiger partial charge in [-0.3, -0.25) is 0 Å². The average molecular weight is 349 g/mol. The Morgan fingerprint density at radius 3 is 2.29 bits per heavy atom. The molecule has 0 aliphatic heterocycles. The van der Waals surface area contributed by atoms with Gasteiger partial charge in [-0.1, -0.05) is 29.8 Å². The summed E-state index contributed by atoms with van der Waals surface area (Å²) in [5.74, 6) is 1.37. The summed E-state index contributed by atoms with van der Waals surface area (Å²) in [5.41, 5.74) is 2.06. The van der Waals surface area contributed by atoms with E-state index in [9.17, 15) is 4.79 Å². The molecule has 0 unspecified atom stereocenters. The third-order valence-electron chi connectivity index (χ3n) is 3.51. The molecule has 2 aromatic carbocycles. The van der Waals surface area contributed by atoms with Gasteiger partial charge in [0.1, 0.15) is 0 Å². The minimum Gasteiger partial charge on any atom is -0.493 e. The topological polar surface area (TPSA) is 59.6 Å². The monoisotopic (exact) mass is 348 g/mol. The zero-order valence-corrected chi connectivity index (χ0v) is 14.5. The van der Waals surface area contributed by atoms with Crippen LogP contribution in [0.4, 0.5) is 4.79 Å². The van der Waals surface area contributed by atoms with Gasteiger partial charge in [-0.25, -0.2) is 4.79 Å². The van der Waals surface area contributed by atoms with Gasteiger partial charge < -0.3 is 20.1 Å². The number of urea groups is 1. The first-order valence-electron chi connectivity index (χ1n) is 7.59. The molecule has 6 heteroatoms. The van der Waals surface area contributed by atoms with E-state index in [2.05, 4.69) is 10.6 Å². The molecule has 0 heterocycles. The Morgan fingerprint density at radius 2 is 1.62 bits per heavy atom. The quantitative estimate of drug-likeness (QED) is 0.806. The molecule has 2 rings (SSSR count). The van der Waals surface area contributed by atoms with Crippen molar-refractivity contribution in [1.29, 1.82) is 0 Å². The van der Waals surface area contributed by atoms with E-state index in [0.717, 1.165) is 11.1 Å². The molecule has 0 aliphatic rings. The molecule has 2 aromatic rings. The van der Waals surface area contributed by atoms with Gasteiger partial charge in [0, 0.05) is 18.1 Å². The number of amides is 2. The molecule has 24 heavy (non-hydrogen) atoms. The number of ether oxygens (including phenoxy) is 2. The fourth-order valence-electron chi connectivity index (χ4n) is 2.20. The molecule has 0 bridgehead atoms. The Morgan fingerprint density at radius 1 is 0.958 bits per heavy atom. The number of methoxy groups -OCH3 is 2. The smallest absolute Gasteiger partial charge is 0.315 e. The summed E-state index contributed by atoms with van der Waals surface area (Å²) < 4.78 is 10.5. The second kappa shape index (κ2) is 9.03. The van der Waals surface area contributed by atoms with Crippen LogP contribution in [0, 0.1) is 0 Å². The molecule has 0 aliphatic carbocycles. The van der Waals surface area contributed by atoms with E-state index >= 15 is 0 Å². The normalized spacial score (nSPS) is 10.1. The Bertz CT molecular complexity index is 674. The van der Waals surface area contributed by atoms with Gasteiger partial charge in [-0.2, -0.15) is 0 Å². The first-order chi connectivity index (χ1) is 11.6. The standard InChI is InChI=1S/C18H21ClN2O3/c1-23-16-8-5-13(11-17(16)24-2)9-10-20-18(22)21-12-14-3-6-15(19)7-4-14/h3-8,11H,9-10,12H2,1-2H3,(H2,20,21,22). The van der Waals surface area contributed by atoms with E-state index in [1.807, 2.05) is 30.3 Å². The molecule has 128 valence electrons. The minimum absolute atomic E-state index is 0.203. The lowest BCUT2D eigenvalue weighted by atomic mass is 10.1. The molecule has 0 saturated carbocycles. The lowest BCUT2D eigenvalue weighted by Gasteiger charge is -2.10. The van der Waals surface area contributed by atoms with Crippen LogP contribution in [0.2, 0.25) is 5.02 Å². The lowest BCUT2D eigenvalue weighted by molar-refractivity contribution is 0.240. The van der Waals surface area contributed by atoms with Crippen molar-refractivity contribution in [2.75, 3.05) is 20.8 Å². The minimum atomic E-state index is -0.203. The highest BCUT2D eigenvalue weighted by atomic mass is 35.5. The molecular weight excluding hydrogens is 328 g/mol. The predicted octanol–water partition coefficient (Wildman–Crippen LogP) is 3.40. The van der Waals surface area contributed by atoms with E-state index in [4.69, 9.17) is 21.1 Å². The molecule has 2 amide bonds. The lowest BCUT2D eigenvalue weighted by Crippen LogP contribution is -2.36. The van der Waals surface area contributed by atoms with Crippen molar-refractivity contribution in [1.82, 2.24) is 10.6 Å². The maximum absolute atomic E-state index is 11.8. The van der Waals surface area contributed by atoms with Crippen molar-refractivity contribution in [3.63, 3.8) is 0 Å². The van der Waals surface area contributed by atoms with Gasteiger partial charge in [0.05, 0.1) is 14.2 Å². The second-order valence-corrected chi connectivity index (χ2v) is 5.61. The largest absolute Gasteiger partial charge is 0.493 e. The van der Waals surface area contributed by atoms with Crippen LogP contribution in [0.3, 0.4) is 0 Å². The number of benzene rings is 2. The first-order valence-corrected chi connectivity index (χ1v) is 7.97. The summed E-state index contributed by atoms with van der Waals surface area (Å²) in [7, 11) is 3.20. The molecule has 2 N–H and O–H groups in total. The van der Waals surface area contributed by atoms with Crippen molar-refractivity contribution < 1.29 is 14.3 Å². The fraction of sp³-hybridized carbons (Fsp3) is 0.278. The Labute approximate surface area is 146 Å². The summed E-state index contributed by atoms with van der Waals surface area (Å²) in [6.45, 7) is 0.987. The van der Waals surface area contributed by atoms with Gasteiger partial charge in [0.15, 0.2) is 11.5 Å². The van der Waals surface area contributed by atoms with Crippen LogP contribution in [0.25, 0.3) is 0 Å². The Kier molecular flexibility index (Phi) is 6.75. The second-order valence-electron chi connectivity index (χ2n) is 5.18. The van der Waals surface area contributed by atoms with E-state index in [0.29, 0.717) is 36.0 Å². The Balaban J connectivity index is 1.75. The average Bonchev–Trinajstić information content (AvgIpc) is 2.61. The molecule has 5 nitrogen and oxygen atoms in total. The number of carbonyl (C=O) groups is 1. The molecule has 0 atom stereocenters. The maximum Gasteiger partial charge on any atom is 0.315 e. The van der Waals surface area contributed by atoms with Crippen LogP contribution >= 0.6 is 11.6 Å². The third-order valence-corrected chi connectivity index (χ3v) is 3.77. The summed E-state index contributed by atoms with van der Waals surface area (Å²) in [6.07, 6.45) is 0.703. The first kappa shape index (κ1) is 17.9. The van der Waals surface area contributed by atoms with Crippen molar-refractivity contribution in [3.8, 4) is 11.5 Å². The van der Waals surface area contributed by atoms with E-state index < -0.39 is 0 Å². The van der Waals surface area contributed by atoms with Crippen molar-refractivity contribution in [2.24, 2.45) is 0 Å². The summed E-state index contributed by atoms with van der Waals surface area (Å²) in [4.78, 5) is 11.8. The van der Waals surface area contributed by atoms with Gasteiger partial charge >= 0.3 is 6.03 Å². The van der Waals surface area contributed by atoms with Crippen LogP contribution in [0.15, 0.2) is 42.5 Å². The summed E-state index contributed by atoms with van der Waals surface area (Å²) in [5, 5.41) is 6.32. The SMILES string of the molecule is COc1ccc(CCNC(=O)NCc2ccc(Cl)cc2)cc1OC. The fourth-order valence-corrected chi connectivity index (χ4v) is 2.33. The molecule has 0 spiro atoms. The van der Waals surface area contributed by atoms with Gasteiger partial charge in [-0.15, -0.1) is 0 Å². The zero-order valence-electron chi connectivity index (χ0n) is 13.8. The number of halogens is 1. The number of carbonyl (C=O) groups excluding carboxylic acids is 1. The molecule has 0 saturated heterocycles. The third kappa shape index (κ3) is 5.35. The van der Waals surface area contributed by atoms with Crippen LogP contribution in [0.5, 0.6) is 11.5 Å². The van der Waals surface area contributed by atoms with Gasteiger partial charge in [0.2, 0.25) is 0 Å². The number of nitrogens with one attached hydrogen (secondary N) is 2. The number of hydrogen-bond donors (Lipinski definition) is 2. The molecule has 0 aromatic heterocycles. The number of hydrogen-bond acceptors (Lipinski definition) is 3. The summed E-state index contributed by atoms with van der Waals surface area (Å²) >= 11 is 5.83. The number of rotatable bonds is 7. The molecule has 0 radical (unpaired) electrons. The van der Waals surface area contributed by atoms with E-state index in [1.54, 1.807) is 26.4 Å². The maximum atomic E-state index is 11.8. The zero-order chi connectivity index (χ0) is 17.4. The highest BCUT2D eigenvalue weighted by Crippen LogP contribution is 2.27. The van der Waals surface area contributed by atoms with Crippen LogP contribution in [-0.2, 0) is 13.0 Å². The van der Waals surface area contributed by atoms with E-state index in [-0.39, 0.29) is 6.03 Å². The molecular formula is C18H21ClN2O3. The van der Waals surface area contributed by atoms with Crippen molar-refractivity contribution >= 4 is 17.6 Å². The summed E-state index contributed by atoms with van der Waals surface area (Å²) in [6, 6.07) is 12.9. The predicted molar refractivity (Wildman–Crippen MR) is 94.9 cm³/mol.